The fourth-order valence-corrected chi connectivity index (χ4v) is 3.99. The van der Waals surface area contributed by atoms with Crippen LogP contribution in [0.3, 0.4) is 0 Å². The maximum absolute atomic E-state index is 12.6. The predicted molar refractivity (Wildman–Crippen MR) is 117 cm³/mol. The zero-order valence-corrected chi connectivity index (χ0v) is 16.9. The third-order valence-electron chi connectivity index (χ3n) is 4.63. The number of amides is 2. The maximum atomic E-state index is 12.6. The van der Waals surface area contributed by atoms with E-state index in [0.717, 1.165) is 27.8 Å². The minimum atomic E-state index is -0.198. The molecule has 0 aliphatic heterocycles. The fraction of sp³-hybridized carbons (Fsp3) is 0.136. The number of fused-ring (bicyclic) bond motifs is 1. The number of rotatable bonds is 5. The summed E-state index contributed by atoms with van der Waals surface area (Å²) < 4.78 is 0. The Kier molecular flexibility index (Phi) is 5.14. The van der Waals surface area contributed by atoms with Gasteiger partial charge in [-0.3, -0.25) is 14.7 Å². The van der Waals surface area contributed by atoms with Crippen LogP contribution in [0, 0.1) is 13.8 Å². The summed E-state index contributed by atoms with van der Waals surface area (Å²) in [6, 6.07) is 17.2. The Balaban J connectivity index is 1.49. The first-order chi connectivity index (χ1) is 14.0. The van der Waals surface area contributed by atoms with Gasteiger partial charge in [0, 0.05) is 5.69 Å². The van der Waals surface area contributed by atoms with Crippen LogP contribution in [0.25, 0.3) is 10.2 Å². The summed E-state index contributed by atoms with van der Waals surface area (Å²) in [5.74, 6) is 0.169. The highest BCUT2D eigenvalue weighted by molar-refractivity contribution is 7.20. The van der Waals surface area contributed by atoms with E-state index in [1.165, 1.54) is 11.3 Å². The number of aryl methyl sites for hydroxylation is 2. The van der Waals surface area contributed by atoms with Gasteiger partial charge in [-0.05, 0) is 48.7 Å². The Hall–Kier alpha value is -3.45. The van der Waals surface area contributed by atoms with E-state index in [1.54, 1.807) is 6.07 Å². The van der Waals surface area contributed by atoms with Crippen molar-refractivity contribution < 1.29 is 9.59 Å². The number of nitrogens with zero attached hydrogens (tertiary/aromatic N) is 1. The van der Waals surface area contributed by atoms with Crippen molar-refractivity contribution >= 4 is 44.9 Å². The molecule has 6 nitrogen and oxygen atoms in total. The van der Waals surface area contributed by atoms with Gasteiger partial charge in [0.15, 0.2) is 0 Å². The molecule has 0 radical (unpaired) electrons. The van der Waals surface area contributed by atoms with Gasteiger partial charge in [-0.2, -0.15) is 5.10 Å². The van der Waals surface area contributed by atoms with Crippen molar-refractivity contribution in [3.8, 4) is 0 Å². The summed E-state index contributed by atoms with van der Waals surface area (Å²) in [5.41, 5.74) is 3.87. The number of aromatic amines is 1. The van der Waals surface area contributed by atoms with Crippen molar-refractivity contribution in [2.24, 2.45) is 0 Å². The topological polar surface area (TPSA) is 86.9 Å². The highest BCUT2D eigenvalue weighted by atomic mass is 32.1. The van der Waals surface area contributed by atoms with Gasteiger partial charge in [0.1, 0.15) is 10.6 Å². The highest BCUT2D eigenvalue weighted by Gasteiger charge is 2.17. The molecule has 3 N–H and O–H groups in total. The van der Waals surface area contributed by atoms with E-state index < -0.39 is 0 Å². The zero-order chi connectivity index (χ0) is 20.4. The molecule has 0 unspecified atom stereocenters. The SMILES string of the molecule is Cc1cccc(NC(=O)c2cc3c(NC(=O)Cc4ccccc4C)[nH]nc3s2)c1. The first-order valence-electron chi connectivity index (χ1n) is 9.20. The molecule has 4 rings (SSSR count). The lowest BCUT2D eigenvalue weighted by molar-refractivity contribution is -0.115. The van der Waals surface area contributed by atoms with Crippen molar-refractivity contribution in [3.05, 3.63) is 76.2 Å². The molecule has 29 heavy (non-hydrogen) atoms. The lowest BCUT2D eigenvalue weighted by Gasteiger charge is -2.06. The molecule has 0 saturated heterocycles. The molecule has 0 spiro atoms. The number of carbonyl (C=O) groups is 2. The van der Waals surface area contributed by atoms with Crippen molar-refractivity contribution in [3.63, 3.8) is 0 Å². The molecule has 0 atom stereocenters. The van der Waals surface area contributed by atoms with Crippen molar-refractivity contribution in [2.45, 2.75) is 20.3 Å². The third-order valence-corrected chi connectivity index (χ3v) is 5.66. The molecule has 0 saturated carbocycles. The van der Waals surface area contributed by atoms with E-state index >= 15 is 0 Å². The normalized spacial score (nSPS) is 10.8. The zero-order valence-electron chi connectivity index (χ0n) is 16.1. The van der Waals surface area contributed by atoms with Gasteiger partial charge >= 0.3 is 0 Å². The molecule has 146 valence electrons. The Morgan fingerprint density at radius 1 is 1.03 bits per heavy atom. The number of carbonyl (C=O) groups excluding carboxylic acids is 2. The van der Waals surface area contributed by atoms with Crippen LogP contribution in [0.4, 0.5) is 11.5 Å². The Bertz CT molecular complexity index is 1210. The molecular weight excluding hydrogens is 384 g/mol. The van der Waals surface area contributed by atoms with Crippen LogP contribution < -0.4 is 10.6 Å². The van der Waals surface area contributed by atoms with Gasteiger partial charge in [-0.25, -0.2) is 0 Å². The largest absolute Gasteiger partial charge is 0.321 e. The number of anilines is 2. The number of hydrogen-bond acceptors (Lipinski definition) is 4. The van der Waals surface area contributed by atoms with Crippen LogP contribution >= 0.6 is 11.3 Å². The monoisotopic (exact) mass is 404 g/mol. The van der Waals surface area contributed by atoms with Crippen LogP contribution in [0.15, 0.2) is 54.6 Å². The average Bonchev–Trinajstić information content (AvgIpc) is 3.26. The Labute approximate surface area is 172 Å². The van der Waals surface area contributed by atoms with Crippen LogP contribution in [0.1, 0.15) is 26.4 Å². The first-order valence-corrected chi connectivity index (χ1v) is 10.0. The smallest absolute Gasteiger partial charge is 0.265 e. The van der Waals surface area contributed by atoms with Gasteiger partial charge in [-0.15, -0.1) is 11.3 Å². The molecule has 0 aliphatic carbocycles. The van der Waals surface area contributed by atoms with Gasteiger partial charge in [0.2, 0.25) is 5.91 Å². The van der Waals surface area contributed by atoms with Gasteiger partial charge < -0.3 is 10.6 Å². The fourth-order valence-electron chi connectivity index (χ4n) is 3.10. The Morgan fingerprint density at radius 2 is 1.86 bits per heavy atom. The third kappa shape index (κ3) is 4.20. The van der Waals surface area contributed by atoms with E-state index in [0.29, 0.717) is 15.5 Å². The second-order valence-electron chi connectivity index (χ2n) is 6.90. The maximum Gasteiger partial charge on any atom is 0.265 e. The number of benzene rings is 2. The summed E-state index contributed by atoms with van der Waals surface area (Å²) in [6.07, 6.45) is 0.276. The summed E-state index contributed by atoms with van der Waals surface area (Å²) in [7, 11) is 0. The van der Waals surface area contributed by atoms with E-state index in [9.17, 15) is 9.59 Å². The molecule has 7 heteroatoms. The second kappa shape index (κ2) is 7.89. The molecule has 2 heterocycles. The van der Waals surface area contributed by atoms with E-state index in [4.69, 9.17) is 0 Å². The van der Waals surface area contributed by atoms with E-state index in [1.807, 2.05) is 62.4 Å². The molecule has 2 aromatic carbocycles. The molecule has 0 fully saturated rings. The quantitative estimate of drug-likeness (QED) is 0.452. The predicted octanol–water partition coefficient (Wildman–Crippen LogP) is 4.67. The molecule has 0 aliphatic rings. The average molecular weight is 404 g/mol. The van der Waals surface area contributed by atoms with Crippen LogP contribution in [-0.2, 0) is 11.2 Å². The van der Waals surface area contributed by atoms with Crippen molar-refractivity contribution in [2.75, 3.05) is 10.6 Å². The summed E-state index contributed by atoms with van der Waals surface area (Å²) >= 11 is 1.28. The number of nitrogens with one attached hydrogen (secondary N) is 3. The van der Waals surface area contributed by atoms with E-state index in [-0.39, 0.29) is 18.2 Å². The van der Waals surface area contributed by atoms with Gasteiger partial charge in [-0.1, -0.05) is 36.4 Å². The number of thiophene rings is 1. The van der Waals surface area contributed by atoms with Crippen LogP contribution in [0.5, 0.6) is 0 Å². The molecular formula is C22H20N4O2S. The molecule has 4 aromatic rings. The highest BCUT2D eigenvalue weighted by Crippen LogP contribution is 2.30. The number of aromatic nitrogens is 2. The molecule has 0 bridgehead atoms. The summed E-state index contributed by atoms with van der Waals surface area (Å²) in [6.45, 7) is 3.95. The minimum Gasteiger partial charge on any atom is -0.321 e. The standard InChI is InChI=1S/C22H20N4O2S/c1-13-6-5-9-16(10-13)23-21(28)18-12-17-20(25-26-22(17)29-18)24-19(27)11-15-8-4-3-7-14(15)2/h3-10,12H,11H2,1-2H3,(H,23,28)(H2,24,25,26,27). The van der Waals surface area contributed by atoms with Crippen molar-refractivity contribution in [1.82, 2.24) is 10.2 Å². The summed E-state index contributed by atoms with van der Waals surface area (Å²) in [4.78, 5) is 26.2. The van der Waals surface area contributed by atoms with Gasteiger partial charge in [0.05, 0.1) is 16.7 Å². The Morgan fingerprint density at radius 3 is 2.66 bits per heavy atom. The number of hydrogen-bond donors (Lipinski definition) is 3. The van der Waals surface area contributed by atoms with E-state index in [2.05, 4.69) is 20.8 Å². The van der Waals surface area contributed by atoms with Crippen LogP contribution in [-0.4, -0.2) is 22.0 Å². The number of H-pyrrole nitrogens is 1. The summed E-state index contributed by atoms with van der Waals surface area (Å²) in [5, 5.41) is 13.6. The lowest BCUT2D eigenvalue weighted by Crippen LogP contribution is -2.15. The minimum absolute atomic E-state index is 0.137. The van der Waals surface area contributed by atoms with Crippen molar-refractivity contribution in [1.29, 1.82) is 0 Å². The van der Waals surface area contributed by atoms with Crippen LogP contribution in [0.2, 0.25) is 0 Å². The molecule has 2 aromatic heterocycles. The molecule has 2 amide bonds. The van der Waals surface area contributed by atoms with Gasteiger partial charge in [0.25, 0.3) is 5.91 Å². The lowest BCUT2D eigenvalue weighted by atomic mass is 10.1. The second-order valence-corrected chi connectivity index (χ2v) is 7.93. The first kappa shape index (κ1) is 18.9.